The fraction of sp³-hybridized carbons (Fsp3) is 0.625. The van der Waals surface area contributed by atoms with Gasteiger partial charge < -0.3 is 23.7 Å². The zero-order valence-corrected chi connectivity index (χ0v) is 14.0. The molecule has 0 aromatic carbocycles. The zero-order valence-electron chi connectivity index (χ0n) is 14.0. The van der Waals surface area contributed by atoms with Crippen LogP contribution in [0.1, 0.15) is 23.4 Å². The van der Waals surface area contributed by atoms with Gasteiger partial charge in [-0.15, -0.1) is 0 Å². The summed E-state index contributed by atoms with van der Waals surface area (Å²) in [7, 11) is 5.63. The summed E-state index contributed by atoms with van der Waals surface area (Å²) in [5, 5.41) is 0. The largest absolute Gasteiger partial charge is 0.462 e. The fourth-order valence-corrected chi connectivity index (χ4v) is 2.51. The van der Waals surface area contributed by atoms with Crippen molar-refractivity contribution in [3.05, 3.63) is 24.2 Å². The Morgan fingerprint density at radius 2 is 2.17 bits per heavy atom. The van der Waals surface area contributed by atoms with Gasteiger partial charge in [0, 0.05) is 20.2 Å². The van der Waals surface area contributed by atoms with E-state index < -0.39 is 5.91 Å². The van der Waals surface area contributed by atoms with Crippen LogP contribution in [0.15, 0.2) is 27.8 Å². The highest BCUT2D eigenvalue weighted by Gasteiger charge is 2.25. The summed E-state index contributed by atoms with van der Waals surface area (Å²) in [5.74, 6) is -0.239. The molecule has 7 nitrogen and oxygen atoms in total. The number of amidine groups is 1. The van der Waals surface area contributed by atoms with E-state index in [0.29, 0.717) is 25.3 Å². The molecule has 1 saturated heterocycles. The van der Waals surface area contributed by atoms with Crippen molar-refractivity contribution >= 4 is 11.9 Å². The Hall–Kier alpha value is -1.86. The molecule has 1 aliphatic heterocycles. The summed E-state index contributed by atoms with van der Waals surface area (Å²) in [6, 6.07) is 3.87. The number of likely N-dealkylation sites (tertiary alicyclic amines) is 1. The molecule has 0 saturated carbocycles. The Balaban J connectivity index is 2.07. The Kier molecular flexibility index (Phi) is 6.61. The lowest BCUT2D eigenvalue weighted by molar-refractivity contribution is 0.0942. The second-order valence-electron chi connectivity index (χ2n) is 5.66. The van der Waals surface area contributed by atoms with E-state index in [1.165, 1.54) is 6.26 Å². The summed E-state index contributed by atoms with van der Waals surface area (Å²) >= 11 is 0. The number of hydrogen-bond acceptors (Lipinski definition) is 5. The number of aliphatic imine (C=N–C) groups is 1. The molecular weight excluding hydrogens is 298 g/mol. The average Bonchev–Trinajstić information content (AvgIpc) is 3.08. The number of rotatable bonds is 5. The molecule has 0 radical (unpaired) electrons. The first-order valence-corrected chi connectivity index (χ1v) is 7.81. The molecule has 23 heavy (non-hydrogen) atoms. The van der Waals surface area contributed by atoms with Crippen LogP contribution < -0.4 is 0 Å². The van der Waals surface area contributed by atoms with E-state index in [0.717, 1.165) is 25.9 Å². The molecule has 0 spiro atoms. The minimum Gasteiger partial charge on any atom is -0.462 e. The van der Waals surface area contributed by atoms with Crippen molar-refractivity contribution in [3.63, 3.8) is 0 Å². The summed E-state index contributed by atoms with van der Waals surface area (Å²) in [4.78, 5) is 20.5. The van der Waals surface area contributed by atoms with Crippen molar-refractivity contribution < 1.29 is 18.7 Å². The van der Waals surface area contributed by atoms with Crippen LogP contribution in [0.3, 0.4) is 0 Å². The number of amides is 1. The average molecular weight is 323 g/mol. The normalized spacial score (nSPS) is 17.3. The number of carbonyl (C=O) groups is 1. The Bertz CT molecular complexity index is 507. The molecule has 1 aromatic rings. The van der Waals surface area contributed by atoms with Gasteiger partial charge in [0.1, 0.15) is 6.61 Å². The Morgan fingerprint density at radius 3 is 2.78 bits per heavy atom. The van der Waals surface area contributed by atoms with Crippen molar-refractivity contribution in [2.75, 3.05) is 47.5 Å². The van der Waals surface area contributed by atoms with E-state index in [-0.39, 0.29) is 5.76 Å². The van der Waals surface area contributed by atoms with Crippen molar-refractivity contribution in [3.8, 4) is 0 Å². The van der Waals surface area contributed by atoms with Crippen molar-refractivity contribution in [2.24, 2.45) is 4.99 Å². The van der Waals surface area contributed by atoms with E-state index in [2.05, 4.69) is 16.9 Å². The highest BCUT2D eigenvalue weighted by Crippen LogP contribution is 2.15. The molecule has 128 valence electrons. The lowest BCUT2D eigenvalue weighted by Gasteiger charge is -2.35. The molecule has 2 rings (SSSR count). The monoisotopic (exact) mass is 323 g/mol. The van der Waals surface area contributed by atoms with Gasteiger partial charge in [0.2, 0.25) is 0 Å². The maximum absolute atomic E-state index is 12.2. The van der Waals surface area contributed by atoms with Crippen LogP contribution in [0.2, 0.25) is 0 Å². The number of ether oxygens (including phenoxy) is 2. The topological polar surface area (TPSA) is 67.5 Å². The first kappa shape index (κ1) is 17.5. The predicted octanol–water partition coefficient (Wildman–Crippen LogP) is 1.46. The van der Waals surface area contributed by atoms with Gasteiger partial charge in [0.25, 0.3) is 6.02 Å². The summed E-state index contributed by atoms with van der Waals surface area (Å²) in [6.07, 6.45) is 3.47. The lowest BCUT2D eigenvalue weighted by atomic mass is 10.0. The first-order chi connectivity index (χ1) is 11.1. The number of piperidine rings is 1. The van der Waals surface area contributed by atoms with Gasteiger partial charge in [0.05, 0.1) is 12.9 Å². The minimum absolute atomic E-state index is 0.203. The summed E-state index contributed by atoms with van der Waals surface area (Å²) < 4.78 is 15.8. The minimum atomic E-state index is -0.442. The van der Waals surface area contributed by atoms with Crippen LogP contribution in [0.4, 0.5) is 0 Å². The number of nitrogens with zero attached hydrogens (tertiary/aromatic N) is 3. The highest BCUT2D eigenvalue weighted by molar-refractivity contribution is 5.99. The van der Waals surface area contributed by atoms with Gasteiger partial charge in [-0.25, -0.2) is 0 Å². The van der Waals surface area contributed by atoms with E-state index in [1.54, 1.807) is 19.2 Å². The standard InChI is InChI=1S/C16H25N3O4/c1-18-8-6-13(7-9-18)19(2)16(23-12-11-21-3)17-15(20)14-5-4-10-22-14/h4-5,10,13H,6-9,11-12H2,1-3H3. The van der Waals surface area contributed by atoms with Crippen molar-refractivity contribution in [1.82, 2.24) is 9.80 Å². The van der Waals surface area contributed by atoms with Crippen LogP contribution in [-0.2, 0) is 9.47 Å². The van der Waals surface area contributed by atoms with Gasteiger partial charge >= 0.3 is 5.91 Å². The molecule has 0 N–H and O–H groups in total. The fourth-order valence-electron chi connectivity index (χ4n) is 2.51. The third kappa shape index (κ3) is 5.07. The van der Waals surface area contributed by atoms with Crippen LogP contribution >= 0.6 is 0 Å². The number of hydrogen-bond donors (Lipinski definition) is 0. The predicted molar refractivity (Wildman–Crippen MR) is 86.6 cm³/mol. The molecule has 1 aliphatic rings. The molecule has 1 aromatic heterocycles. The van der Waals surface area contributed by atoms with Crippen LogP contribution in [0, 0.1) is 0 Å². The second kappa shape index (κ2) is 8.69. The molecule has 0 bridgehead atoms. The van der Waals surface area contributed by atoms with Crippen molar-refractivity contribution in [1.29, 1.82) is 0 Å². The molecule has 0 unspecified atom stereocenters. The molecule has 1 amide bonds. The quantitative estimate of drug-likeness (QED) is 0.464. The van der Waals surface area contributed by atoms with E-state index in [4.69, 9.17) is 13.9 Å². The maximum Gasteiger partial charge on any atom is 0.317 e. The molecular formula is C16H25N3O4. The van der Waals surface area contributed by atoms with E-state index in [9.17, 15) is 4.79 Å². The molecule has 2 heterocycles. The third-order valence-corrected chi connectivity index (χ3v) is 3.99. The lowest BCUT2D eigenvalue weighted by Crippen LogP contribution is -2.45. The number of carbonyl (C=O) groups excluding carboxylic acids is 1. The summed E-state index contributed by atoms with van der Waals surface area (Å²) in [6.45, 7) is 2.83. The zero-order chi connectivity index (χ0) is 16.7. The Labute approximate surface area is 136 Å². The number of methoxy groups -OCH3 is 1. The highest BCUT2D eigenvalue weighted by atomic mass is 16.5. The molecule has 0 atom stereocenters. The third-order valence-electron chi connectivity index (χ3n) is 3.99. The van der Waals surface area contributed by atoms with Crippen LogP contribution in [0.5, 0.6) is 0 Å². The van der Waals surface area contributed by atoms with Crippen molar-refractivity contribution in [2.45, 2.75) is 18.9 Å². The maximum atomic E-state index is 12.2. The number of furan rings is 1. The SMILES string of the molecule is COCCOC(=NC(=O)c1ccco1)N(C)C1CCN(C)CC1. The van der Waals surface area contributed by atoms with Gasteiger partial charge in [-0.1, -0.05) is 0 Å². The van der Waals surface area contributed by atoms with E-state index >= 15 is 0 Å². The van der Waals surface area contributed by atoms with Crippen LogP contribution in [-0.4, -0.2) is 75.3 Å². The van der Waals surface area contributed by atoms with Crippen LogP contribution in [0.25, 0.3) is 0 Å². The summed E-state index contributed by atoms with van der Waals surface area (Å²) in [5.41, 5.74) is 0. The van der Waals surface area contributed by atoms with Gasteiger partial charge in [-0.2, -0.15) is 4.99 Å². The smallest absolute Gasteiger partial charge is 0.317 e. The second-order valence-corrected chi connectivity index (χ2v) is 5.66. The van der Waals surface area contributed by atoms with Gasteiger partial charge in [0.15, 0.2) is 5.76 Å². The molecule has 1 fully saturated rings. The van der Waals surface area contributed by atoms with Gasteiger partial charge in [-0.05, 0) is 45.1 Å². The molecule has 7 heteroatoms. The van der Waals surface area contributed by atoms with Gasteiger partial charge in [-0.3, -0.25) is 4.79 Å². The Morgan fingerprint density at radius 1 is 1.43 bits per heavy atom. The van der Waals surface area contributed by atoms with E-state index in [1.807, 2.05) is 11.9 Å². The molecule has 0 aliphatic carbocycles. The first-order valence-electron chi connectivity index (χ1n) is 7.81.